The third-order valence-corrected chi connectivity index (χ3v) is 3.08. The molecular formula is C15H20NO4+. The van der Waals surface area contributed by atoms with Crippen LogP contribution in [0.1, 0.15) is 11.3 Å². The average molecular weight is 278 g/mol. The zero-order valence-corrected chi connectivity index (χ0v) is 12.0. The minimum absolute atomic E-state index is 0.624. The van der Waals surface area contributed by atoms with Crippen molar-refractivity contribution in [1.29, 1.82) is 0 Å². The Hall–Kier alpha value is -2.14. The van der Waals surface area contributed by atoms with E-state index in [1.165, 1.54) is 0 Å². The van der Waals surface area contributed by atoms with Crippen LogP contribution < -0.4 is 19.5 Å². The topological polar surface area (TPSA) is 57.4 Å². The lowest BCUT2D eigenvalue weighted by atomic mass is 10.1. The first kappa shape index (κ1) is 14.3. The van der Waals surface area contributed by atoms with Crippen LogP contribution in [0.2, 0.25) is 0 Å². The van der Waals surface area contributed by atoms with E-state index in [1.807, 2.05) is 24.3 Å². The van der Waals surface area contributed by atoms with Crippen molar-refractivity contribution in [3.05, 3.63) is 41.9 Å². The molecule has 0 unspecified atom stereocenters. The summed E-state index contributed by atoms with van der Waals surface area (Å²) < 4.78 is 21.4. The molecule has 0 saturated carbocycles. The normalized spacial score (nSPS) is 10.3. The van der Waals surface area contributed by atoms with Gasteiger partial charge in [-0.2, -0.15) is 0 Å². The standard InChI is InChI=1S/C15H19NO4/c1-17-13-7-6-11(14(18-2)15(13)19-3)9-16-10-12-5-4-8-20-12/h4-8,16H,9-10H2,1-3H3/p+1. The van der Waals surface area contributed by atoms with Crippen molar-refractivity contribution in [2.24, 2.45) is 0 Å². The van der Waals surface area contributed by atoms with Gasteiger partial charge in [0.15, 0.2) is 17.3 Å². The van der Waals surface area contributed by atoms with Crippen LogP contribution in [-0.4, -0.2) is 21.3 Å². The van der Waals surface area contributed by atoms with Gasteiger partial charge in [0.1, 0.15) is 13.1 Å². The zero-order valence-electron chi connectivity index (χ0n) is 12.0. The van der Waals surface area contributed by atoms with Crippen LogP contribution in [0, 0.1) is 0 Å². The molecule has 0 aliphatic heterocycles. The minimum Gasteiger partial charge on any atom is -0.493 e. The molecule has 2 rings (SSSR count). The molecular weight excluding hydrogens is 258 g/mol. The number of ether oxygens (including phenoxy) is 3. The summed E-state index contributed by atoms with van der Waals surface area (Å²) in [6, 6.07) is 7.72. The van der Waals surface area contributed by atoms with Crippen LogP contribution in [0.15, 0.2) is 34.9 Å². The van der Waals surface area contributed by atoms with E-state index in [-0.39, 0.29) is 0 Å². The molecule has 5 nitrogen and oxygen atoms in total. The molecule has 108 valence electrons. The highest BCUT2D eigenvalue weighted by Gasteiger charge is 2.16. The highest BCUT2D eigenvalue weighted by Crippen LogP contribution is 2.39. The third kappa shape index (κ3) is 3.05. The predicted octanol–water partition coefficient (Wildman–Crippen LogP) is 1.57. The van der Waals surface area contributed by atoms with Crippen molar-refractivity contribution in [1.82, 2.24) is 0 Å². The van der Waals surface area contributed by atoms with E-state index in [0.29, 0.717) is 17.2 Å². The fourth-order valence-electron chi connectivity index (χ4n) is 2.12. The number of methoxy groups -OCH3 is 3. The number of rotatable bonds is 7. The van der Waals surface area contributed by atoms with E-state index in [4.69, 9.17) is 18.6 Å². The Kier molecular flexibility index (Phi) is 4.90. The van der Waals surface area contributed by atoms with Gasteiger partial charge in [-0.05, 0) is 24.3 Å². The highest BCUT2D eigenvalue weighted by molar-refractivity contribution is 5.55. The summed E-state index contributed by atoms with van der Waals surface area (Å²) in [6.07, 6.45) is 1.68. The van der Waals surface area contributed by atoms with Gasteiger partial charge in [0.2, 0.25) is 5.75 Å². The molecule has 0 spiro atoms. The fraction of sp³-hybridized carbons (Fsp3) is 0.333. The molecule has 0 saturated heterocycles. The van der Waals surface area contributed by atoms with Gasteiger partial charge in [-0.3, -0.25) is 0 Å². The molecule has 0 aliphatic carbocycles. The maximum absolute atomic E-state index is 5.45. The lowest BCUT2D eigenvalue weighted by Crippen LogP contribution is -2.80. The second-order valence-corrected chi connectivity index (χ2v) is 4.27. The molecule has 1 heterocycles. The van der Waals surface area contributed by atoms with Gasteiger partial charge in [0, 0.05) is 0 Å². The van der Waals surface area contributed by atoms with E-state index >= 15 is 0 Å². The molecule has 0 radical (unpaired) electrons. The van der Waals surface area contributed by atoms with Gasteiger partial charge in [-0.25, -0.2) is 0 Å². The summed E-state index contributed by atoms with van der Waals surface area (Å²) in [5, 5.41) is 2.14. The summed E-state index contributed by atoms with van der Waals surface area (Å²) in [5.74, 6) is 2.95. The third-order valence-electron chi connectivity index (χ3n) is 3.08. The van der Waals surface area contributed by atoms with Crippen molar-refractivity contribution in [3.63, 3.8) is 0 Å². The number of benzene rings is 1. The Morgan fingerprint density at radius 1 is 0.950 bits per heavy atom. The van der Waals surface area contributed by atoms with Gasteiger partial charge in [-0.1, -0.05) is 0 Å². The first-order valence-electron chi connectivity index (χ1n) is 6.42. The van der Waals surface area contributed by atoms with Crippen LogP contribution in [0.25, 0.3) is 0 Å². The summed E-state index contributed by atoms with van der Waals surface area (Å²) in [7, 11) is 4.85. The Morgan fingerprint density at radius 2 is 1.75 bits per heavy atom. The smallest absolute Gasteiger partial charge is 0.203 e. The first-order chi connectivity index (χ1) is 9.80. The molecule has 1 aromatic carbocycles. The van der Waals surface area contributed by atoms with E-state index < -0.39 is 0 Å². The van der Waals surface area contributed by atoms with Crippen molar-refractivity contribution < 1.29 is 23.9 Å². The molecule has 2 aromatic rings. The van der Waals surface area contributed by atoms with Gasteiger partial charge in [-0.15, -0.1) is 0 Å². The molecule has 0 amide bonds. The molecule has 5 heteroatoms. The average Bonchev–Trinajstić information content (AvgIpc) is 2.99. The number of quaternary nitrogens is 1. The molecule has 1 aromatic heterocycles. The maximum Gasteiger partial charge on any atom is 0.203 e. The van der Waals surface area contributed by atoms with Gasteiger partial charge in [0.25, 0.3) is 0 Å². The van der Waals surface area contributed by atoms with E-state index in [2.05, 4.69) is 5.32 Å². The summed E-state index contributed by atoms with van der Waals surface area (Å²) in [4.78, 5) is 0. The highest BCUT2D eigenvalue weighted by atomic mass is 16.5. The number of nitrogens with two attached hydrogens (primary N) is 1. The lowest BCUT2D eigenvalue weighted by molar-refractivity contribution is -0.688. The van der Waals surface area contributed by atoms with Crippen molar-refractivity contribution in [3.8, 4) is 17.2 Å². The van der Waals surface area contributed by atoms with Crippen LogP contribution in [0.4, 0.5) is 0 Å². The summed E-state index contributed by atoms with van der Waals surface area (Å²) >= 11 is 0. The SMILES string of the molecule is COc1ccc(C[NH2+]Cc2ccco2)c(OC)c1OC. The Bertz CT molecular complexity index is 537. The predicted molar refractivity (Wildman–Crippen MR) is 74.1 cm³/mol. The van der Waals surface area contributed by atoms with Gasteiger partial charge in [0.05, 0.1) is 33.2 Å². The quantitative estimate of drug-likeness (QED) is 0.835. The first-order valence-corrected chi connectivity index (χ1v) is 6.42. The lowest BCUT2D eigenvalue weighted by Gasteiger charge is -2.14. The van der Waals surface area contributed by atoms with Crippen molar-refractivity contribution in [2.75, 3.05) is 21.3 Å². The molecule has 0 bridgehead atoms. The number of hydrogen-bond acceptors (Lipinski definition) is 4. The molecule has 0 atom stereocenters. The van der Waals surface area contributed by atoms with Crippen LogP contribution in [0.3, 0.4) is 0 Å². The minimum atomic E-state index is 0.624. The summed E-state index contributed by atoms with van der Waals surface area (Å²) in [5.41, 5.74) is 1.05. The zero-order chi connectivity index (χ0) is 14.4. The second-order valence-electron chi connectivity index (χ2n) is 4.27. The Morgan fingerprint density at radius 3 is 2.35 bits per heavy atom. The number of furan rings is 1. The second kappa shape index (κ2) is 6.86. The fourth-order valence-corrected chi connectivity index (χ4v) is 2.12. The van der Waals surface area contributed by atoms with Gasteiger partial charge < -0.3 is 23.9 Å². The van der Waals surface area contributed by atoms with E-state index in [0.717, 1.165) is 24.4 Å². The van der Waals surface area contributed by atoms with E-state index in [1.54, 1.807) is 27.6 Å². The largest absolute Gasteiger partial charge is 0.493 e. The van der Waals surface area contributed by atoms with Crippen LogP contribution in [0.5, 0.6) is 17.2 Å². The molecule has 0 fully saturated rings. The van der Waals surface area contributed by atoms with Crippen LogP contribution in [-0.2, 0) is 13.1 Å². The molecule has 2 N–H and O–H groups in total. The van der Waals surface area contributed by atoms with Crippen molar-refractivity contribution >= 4 is 0 Å². The van der Waals surface area contributed by atoms with Crippen molar-refractivity contribution in [2.45, 2.75) is 13.1 Å². The molecule has 0 aliphatic rings. The van der Waals surface area contributed by atoms with E-state index in [9.17, 15) is 0 Å². The Labute approximate surface area is 118 Å². The Balaban J connectivity index is 2.10. The van der Waals surface area contributed by atoms with Gasteiger partial charge >= 0.3 is 0 Å². The summed E-state index contributed by atoms with van der Waals surface area (Å²) in [6.45, 7) is 1.55. The monoisotopic (exact) mass is 278 g/mol. The van der Waals surface area contributed by atoms with Crippen LogP contribution >= 0.6 is 0 Å². The molecule has 20 heavy (non-hydrogen) atoms. The number of hydrogen-bond donors (Lipinski definition) is 1. The maximum atomic E-state index is 5.45.